The summed E-state index contributed by atoms with van der Waals surface area (Å²) in [6.45, 7) is 6.78. The normalized spacial score (nSPS) is 23.9. The molecule has 2 unspecified atom stereocenters. The summed E-state index contributed by atoms with van der Waals surface area (Å²) in [5.41, 5.74) is 1.57. The zero-order valence-electron chi connectivity index (χ0n) is 13.2. The molecule has 2 atom stereocenters. The van der Waals surface area contributed by atoms with E-state index in [-0.39, 0.29) is 11.3 Å². The van der Waals surface area contributed by atoms with Crippen molar-refractivity contribution in [3.63, 3.8) is 0 Å². The molecule has 0 spiro atoms. The van der Waals surface area contributed by atoms with Gasteiger partial charge in [0.1, 0.15) is 5.78 Å². The maximum atomic E-state index is 12.3. The number of Topliss-reactive ketones (excluding diaryl/α,β-unsaturated/α-hetero) is 1. The molecule has 0 bridgehead atoms. The largest absolute Gasteiger partial charge is 0.299 e. The Bertz CT molecular complexity index is 432. The Labute approximate surface area is 123 Å². The van der Waals surface area contributed by atoms with Crippen molar-refractivity contribution in [1.29, 1.82) is 0 Å². The van der Waals surface area contributed by atoms with E-state index in [2.05, 4.69) is 51.1 Å². The van der Waals surface area contributed by atoms with Gasteiger partial charge in [0.15, 0.2) is 0 Å². The fourth-order valence-electron chi connectivity index (χ4n) is 3.59. The van der Waals surface area contributed by atoms with E-state index in [4.69, 9.17) is 0 Å². The van der Waals surface area contributed by atoms with Gasteiger partial charge >= 0.3 is 0 Å². The van der Waals surface area contributed by atoms with Crippen LogP contribution < -0.4 is 0 Å². The second kappa shape index (κ2) is 6.56. The minimum atomic E-state index is 0.159. The Morgan fingerprint density at radius 2 is 1.85 bits per heavy atom. The zero-order valence-corrected chi connectivity index (χ0v) is 13.2. The van der Waals surface area contributed by atoms with Crippen LogP contribution in [0.1, 0.15) is 58.4 Å². The SMILES string of the molecule is CC1CCC(C(C)(C)CCCc2ccccc2)C(=O)C1. The van der Waals surface area contributed by atoms with Gasteiger partial charge in [-0.25, -0.2) is 0 Å². The van der Waals surface area contributed by atoms with Crippen LogP contribution in [-0.2, 0) is 11.2 Å². The lowest BCUT2D eigenvalue weighted by Crippen LogP contribution is -2.35. The summed E-state index contributed by atoms with van der Waals surface area (Å²) in [5.74, 6) is 1.39. The number of carbonyl (C=O) groups excluding carboxylic acids is 1. The van der Waals surface area contributed by atoms with E-state index in [1.807, 2.05) is 0 Å². The van der Waals surface area contributed by atoms with Gasteiger partial charge in [-0.15, -0.1) is 0 Å². The van der Waals surface area contributed by atoms with Crippen LogP contribution in [0, 0.1) is 17.3 Å². The molecule has 1 heteroatoms. The van der Waals surface area contributed by atoms with Crippen LogP contribution in [0.25, 0.3) is 0 Å². The Morgan fingerprint density at radius 3 is 2.50 bits per heavy atom. The highest BCUT2D eigenvalue weighted by molar-refractivity contribution is 5.82. The standard InChI is InChI=1S/C19H28O/c1-15-11-12-17(18(20)14-15)19(2,3)13-7-10-16-8-5-4-6-9-16/h4-6,8-9,15,17H,7,10-14H2,1-3H3. The first-order valence-corrected chi connectivity index (χ1v) is 8.05. The first-order chi connectivity index (χ1) is 9.49. The molecule has 2 rings (SSSR count). The summed E-state index contributed by atoms with van der Waals surface area (Å²) < 4.78 is 0. The molecule has 110 valence electrons. The smallest absolute Gasteiger partial charge is 0.136 e. The summed E-state index contributed by atoms with van der Waals surface area (Å²) in [6.07, 6.45) is 6.56. The van der Waals surface area contributed by atoms with Gasteiger partial charge in [0.2, 0.25) is 0 Å². The summed E-state index contributed by atoms with van der Waals surface area (Å²) in [4.78, 5) is 12.3. The number of rotatable bonds is 5. The third kappa shape index (κ3) is 3.94. The van der Waals surface area contributed by atoms with Crippen LogP contribution in [0.4, 0.5) is 0 Å². The topological polar surface area (TPSA) is 17.1 Å². The van der Waals surface area contributed by atoms with Gasteiger partial charge in [0.25, 0.3) is 0 Å². The average Bonchev–Trinajstić information content (AvgIpc) is 2.39. The van der Waals surface area contributed by atoms with E-state index in [0.717, 1.165) is 25.7 Å². The molecular formula is C19H28O. The van der Waals surface area contributed by atoms with E-state index in [1.165, 1.54) is 18.4 Å². The Morgan fingerprint density at radius 1 is 1.15 bits per heavy atom. The second-order valence-corrected chi connectivity index (χ2v) is 7.23. The summed E-state index contributed by atoms with van der Waals surface area (Å²) >= 11 is 0. The fraction of sp³-hybridized carbons (Fsp3) is 0.632. The molecule has 1 aromatic rings. The average molecular weight is 272 g/mol. The molecule has 0 amide bonds. The monoisotopic (exact) mass is 272 g/mol. The minimum absolute atomic E-state index is 0.159. The van der Waals surface area contributed by atoms with E-state index in [0.29, 0.717) is 11.7 Å². The quantitative estimate of drug-likeness (QED) is 0.734. The van der Waals surface area contributed by atoms with Crippen molar-refractivity contribution in [2.75, 3.05) is 0 Å². The van der Waals surface area contributed by atoms with Crippen molar-refractivity contribution in [3.05, 3.63) is 35.9 Å². The Kier molecular flexibility index (Phi) is 5.01. The van der Waals surface area contributed by atoms with Crippen LogP contribution in [-0.4, -0.2) is 5.78 Å². The number of ketones is 1. The predicted octanol–water partition coefficient (Wildman–Crippen LogP) is 5.04. The predicted molar refractivity (Wildman–Crippen MR) is 84.7 cm³/mol. The van der Waals surface area contributed by atoms with Gasteiger partial charge < -0.3 is 0 Å². The highest BCUT2D eigenvalue weighted by atomic mass is 16.1. The fourth-order valence-corrected chi connectivity index (χ4v) is 3.59. The lowest BCUT2D eigenvalue weighted by molar-refractivity contribution is -0.130. The molecule has 0 N–H and O–H groups in total. The van der Waals surface area contributed by atoms with E-state index < -0.39 is 0 Å². The first kappa shape index (κ1) is 15.3. The van der Waals surface area contributed by atoms with Crippen LogP contribution in [0.3, 0.4) is 0 Å². The van der Waals surface area contributed by atoms with Gasteiger partial charge in [0, 0.05) is 12.3 Å². The van der Waals surface area contributed by atoms with E-state index >= 15 is 0 Å². The molecule has 1 fully saturated rings. The highest BCUT2D eigenvalue weighted by Gasteiger charge is 2.37. The number of aryl methyl sites for hydroxylation is 1. The summed E-state index contributed by atoms with van der Waals surface area (Å²) in [7, 11) is 0. The minimum Gasteiger partial charge on any atom is -0.299 e. The zero-order chi connectivity index (χ0) is 14.6. The molecule has 0 heterocycles. The van der Waals surface area contributed by atoms with Crippen LogP contribution in [0.2, 0.25) is 0 Å². The molecule has 0 radical (unpaired) electrons. The summed E-state index contributed by atoms with van der Waals surface area (Å²) in [5, 5.41) is 0. The molecule has 20 heavy (non-hydrogen) atoms. The molecule has 1 aromatic carbocycles. The van der Waals surface area contributed by atoms with E-state index in [1.54, 1.807) is 0 Å². The second-order valence-electron chi connectivity index (χ2n) is 7.23. The van der Waals surface area contributed by atoms with Crippen LogP contribution >= 0.6 is 0 Å². The Hall–Kier alpha value is -1.11. The van der Waals surface area contributed by atoms with Crippen molar-refractivity contribution in [2.24, 2.45) is 17.3 Å². The molecule has 1 aliphatic carbocycles. The lowest BCUT2D eigenvalue weighted by atomic mass is 9.66. The molecule has 1 nitrogen and oxygen atoms in total. The number of hydrogen-bond acceptors (Lipinski definition) is 1. The van der Waals surface area contributed by atoms with Gasteiger partial charge in [-0.2, -0.15) is 0 Å². The molecule has 1 aliphatic rings. The van der Waals surface area contributed by atoms with Crippen molar-refractivity contribution >= 4 is 5.78 Å². The van der Waals surface area contributed by atoms with Crippen LogP contribution in [0.5, 0.6) is 0 Å². The molecule has 1 saturated carbocycles. The van der Waals surface area contributed by atoms with Gasteiger partial charge in [0.05, 0.1) is 0 Å². The maximum Gasteiger partial charge on any atom is 0.136 e. The van der Waals surface area contributed by atoms with Gasteiger partial charge in [-0.05, 0) is 49.0 Å². The van der Waals surface area contributed by atoms with Crippen LogP contribution in [0.15, 0.2) is 30.3 Å². The van der Waals surface area contributed by atoms with Crippen molar-refractivity contribution in [2.45, 2.75) is 59.3 Å². The molecular weight excluding hydrogens is 244 g/mol. The lowest BCUT2D eigenvalue weighted by Gasteiger charge is -2.37. The molecule has 0 aliphatic heterocycles. The van der Waals surface area contributed by atoms with Gasteiger partial charge in [-0.3, -0.25) is 4.79 Å². The van der Waals surface area contributed by atoms with Crippen molar-refractivity contribution < 1.29 is 4.79 Å². The van der Waals surface area contributed by atoms with Crippen molar-refractivity contribution in [1.82, 2.24) is 0 Å². The highest BCUT2D eigenvalue weighted by Crippen LogP contribution is 2.41. The number of benzene rings is 1. The van der Waals surface area contributed by atoms with Crippen molar-refractivity contribution in [3.8, 4) is 0 Å². The first-order valence-electron chi connectivity index (χ1n) is 8.05. The third-order valence-corrected chi connectivity index (χ3v) is 4.96. The van der Waals surface area contributed by atoms with E-state index in [9.17, 15) is 4.79 Å². The Balaban J connectivity index is 1.86. The maximum absolute atomic E-state index is 12.3. The number of carbonyl (C=O) groups is 1. The summed E-state index contributed by atoms with van der Waals surface area (Å²) in [6, 6.07) is 10.7. The number of hydrogen-bond donors (Lipinski definition) is 0. The third-order valence-electron chi connectivity index (χ3n) is 4.96. The van der Waals surface area contributed by atoms with Gasteiger partial charge in [-0.1, -0.05) is 51.1 Å². The molecule has 0 aromatic heterocycles. The molecule has 0 saturated heterocycles.